The van der Waals surface area contributed by atoms with Crippen molar-refractivity contribution in [2.24, 2.45) is 0 Å². The maximum Gasteiger partial charge on any atom is 0.339 e. The highest BCUT2D eigenvalue weighted by atomic mass is 127. The Bertz CT molecular complexity index is 345. The van der Waals surface area contributed by atoms with Gasteiger partial charge in [0.15, 0.2) is 0 Å². The fraction of sp³-hybridized carbons (Fsp3) is 0.300. The molecule has 13 heavy (non-hydrogen) atoms. The number of carbonyl (C=O) groups is 1. The lowest BCUT2D eigenvalue weighted by Gasteiger charge is -2.08. The topological polar surface area (TPSA) is 26.3 Å². The molecule has 0 saturated heterocycles. The molecule has 0 saturated carbocycles. The molecule has 0 fully saturated rings. The summed E-state index contributed by atoms with van der Waals surface area (Å²) in [5.74, 6) is -0.259. The van der Waals surface area contributed by atoms with Crippen LogP contribution < -0.4 is 0 Å². The Balaban J connectivity index is 3.33. The van der Waals surface area contributed by atoms with Gasteiger partial charge in [0.2, 0.25) is 0 Å². The second kappa shape index (κ2) is 4.09. The Kier molecular flexibility index (Phi) is 3.30. The molecule has 2 nitrogen and oxygen atoms in total. The molecule has 1 aromatic rings. The zero-order valence-electron chi connectivity index (χ0n) is 7.85. The number of methoxy groups -OCH3 is 1. The highest BCUT2D eigenvalue weighted by Crippen LogP contribution is 2.20. The quantitative estimate of drug-likeness (QED) is 0.587. The lowest BCUT2D eigenvalue weighted by Crippen LogP contribution is -2.07. The molecule has 0 radical (unpaired) electrons. The maximum absolute atomic E-state index is 11.4. The molecule has 0 aromatic heterocycles. The number of rotatable bonds is 1. The summed E-state index contributed by atoms with van der Waals surface area (Å²) in [6, 6.07) is 3.93. The Morgan fingerprint density at radius 3 is 2.54 bits per heavy atom. The van der Waals surface area contributed by atoms with Crippen molar-refractivity contribution in [3.63, 3.8) is 0 Å². The van der Waals surface area contributed by atoms with E-state index in [-0.39, 0.29) is 5.97 Å². The lowest BCUT2D eigenvalue weighted by molar-refractivity contribution is 0.0598. The average Bonchev–Trinajstić information content (AvgIpc) is 2.12. The molecule has 0 atom stereocenters. The number of aryl methyl sites for hydroxylation is 1. The molecule has 0 aliphatic heterocycles. The number of carbonyl (C=O) groups excluding carboxylic acids is 1. The molecular weight excluding hydrogens is 279 g/mol. The first kappa shape index (κ1) is 10.5. The largest absolute Gasteiger partial charge is 0.465 e. The Morgan fingerprint density at radius 2 is 2.00 bits per heavy atom. The van der Waals surface area contributed by atoms with E-state index in [0.717, 1.165) is 14.7 Å². The summed E-state index contributed by atoms with van der Waals surface area (Å²) in [6.07, 6.45) is 0. The molecule has 0 spiro atoms. The van der Waals surface area contributed by atoms with Crippen LogP contribution in [0.3, 0.4) is 0 Å². The van der Waals surface area contributed by atoms with Crippen molar-refractivity contribution in [3.8, 4) is 0 Å². The van der Waals surface area contributed by atoms with Gasteiger partial charge in [-0.2, -0.15) is 0 Å². The highest BCUT2D eigenvalue weighted by Gasteiger charge is 2.14. The SMILES string of the molecule is COC(=O)c1c(I)ccc(C)c1C. The zero-order chi connectivity index (χ0) is 10.0. The van der Waals surface area contributed by atoms with Crippen LogP contribution >= 0.6 is 22.6 Å². The van der Waals surface area contributed by atoms with Crippen LogP contribution in [0.2, 0.25) is 0 Å². The minimum Gasteiger partial charge on any atom is -0.465 e. The van der Waals surface area contributed by atoms with E-state index in [2.05, 4.69) is 22.6 Å². The fourth-order valence-corrected chi connectivity index (χ4v) is 1.94. The van der Waals surface area contributed by atoms with Crippen LogP contribution in [0, 0.1) is 17.4 Å². The Hall–Kier alpha value is -0.580. The third kappa shape index (κ3) is 2.02. The summed E-state index contributed by atoms with van der Waals surface area (Å²) in [4.78, 5) is 11.4. The van der Waals surface area contributed by atoms with Crippen molar-refractivity contribution < 1.29 is 9.53 Å². The molecule has 3 heteroatoms. The van der Waals surface area contributed by atoms with E-state index < -0.39 is 0 Å². The van der Waals surface area contributed by atoms with Crippen molar-refractivity contribution >= 4 is 28.6 Å². The number of benzene rings is 1. The first-order chi connectivity index (χ1) is 6.07. The van der Waals surface area contributed by atoms with Crippen LogP contribution in [0.4, 0.5) is 0 Å². The average molecular weight is 290 g/mol. The highest BCUT2D eigenvalue weighted by molar-refractivity contribution is 14.1. The minimum atomic E-state index is -0.259. The van der Waals surface area contributed by atoms with Gasteiger partial charge in [0, 0.05) is 3.57 Å². The van der Waals surface area contributed by atoms with E-state index in [9.17, 15) is 4.79 Å². The summed E-state index contributed by atoms with van der Waals surface area (Å²) >= 11 is 2.14. The number of ether oxygens (including phenoxy) is 1. The van der Waals surface area contributed by atoms with Crippen molar-refractivity contribution in [3.05, 3.63) is 32.4 Å². The third-order valence-electron chi connectivity index (χ3n) is 2.07. The molecule has 0 N–H and O–H groups in total. The number of hydrogen-bond acceptors (Lipinski definition) is 2. The predicted octanol–water partition coefficient (Wildman–Crippen LogP) is 2.69. The van der Waals surface area contributed by atoms with Gasteiger partial charge in [0.1, 0.15) is 0 Å². The maximum atomic E-state index is 11.4. The summed E-state index contributed by atoms with van der Waals surface area (Å²) in [5.41, 5.74) is 2.79. The minimum absolute atomic E-state index is 0.259. The summed E-state index contributed by atoms with van der Waals surface area (Å²) < 4.78 is 5.65. The molecule has 1 rings (SSSR count). The number of halogens is 1. The fourth-order valence-electron chi connectivity index (χ4n) is 1.14. The van der Waals surface area contributed by atoms with Crippen molar-refractivity contribution in [1.29, 1.82) is 0 Å². The Morgan fingerprint density at radius 1 is 1.38 bits per heavy atom. The molecule has 0 heterocycles. The summed E-state index contributed by atoms with van der Waals surface area (Å²) in [5, 5.41) is 0. The van der Waals surface area contributed by atoms with Gasteiger partial charge in [0.05, 0.1) is 12.7 Å². The Labute approximate surface area is 91.4 Å². The molecule has 1 aromatic carbocycles. The lowest BCUT2D eigenvalue weighted by atomic mass is 10.0. The summed E-state index contributed by atoms with van der Waals surface area (Å²) in [6.45, 7) is 3.92. The van der Waals surface area contributed by atoms with Gasteiger partial charge >= 0.3 is 5.97 Å². The molecule has 0 bridgehead atoms. The second-order valence-electron chi connectivity index (χ2n) is 2.86. The number of esters is 1. The molecule has 0 amide bonds. The molecule has 0 aliphatic rings. The van der Waals surface area contributed by atoms with Gasteiger partial charge in [-0.3, -0.25) is 0 Å². The van der Waals surface area contributed by atoms with Crippen molar-refractivity contribution in [2.45, 2.75) is 13.8 Å². The van der Waals surface area contributed by atoms with Crippen LogP contribution in [0.15, 0.2) is 12.1 Å². The van der Waals surface area contributed by atoms with Crippen LogP contribution in [-0.4, -0.2) is 13.1 Å². The van der Waals surface area contributed by atoms with Crippen LogP contribution in [0.5, 0.6) is 0 Å². The first-order valence-electron chi connectivity index (χ1n) is 3.92. The van der Waals surface area contributed by atoms with Gasteiger partial charge in [-0.25, -0.2) is 4.79 Å². The normalized spacial score (nSPS) is 9.85. The third-order valence-corrected chi connectivity index (χ3v) is 2.97. The monoisotopic (exact) mass is 290 g/mol. The molecule has 0 aliphatic carbocycles. The van der Waals surface area contributed by atoms with E-state index in [1.165, 1.54) is 7.11 Å². The zero-order valence-corrected chi connectivity index (χ0v) is 10.0. The van der Waals surface area contributed by atoms with Gasteiger partial charge in [-0.1, -0.05) is 6.07 Å². The standard InChI is InChI=1S/C10H11IO2/c1-6-4-5-8(11)9(7(6)2)10(12)13-3/h4-5H,1-3H3. The van der Waals surface area contributed by atoms with Gasteiger partial charge in [-0.05, 0) is 53.6 Å². The number of hydrogen-bond donors (Lipinski definition) is 0. The van der Waals surface area contributed by atoms with Crippen molar-refractivity contribution in [1.82, 2.24) is 0 Å². The van der Waals surface area contributed by atoms with Gasteiger partial charge in [0.25, 0.3) is 0 Å². The molecule has 0 unspecified atom stereocenters. The predicted molar refractivity (Wildman–Crippen MR) is 60.0 cm³/mol. The first-order valence-corrected chi connectivity index (χ1v) is 4.99. The smallest absolute Gasteiger partial charge is 0.339 e. The van der Waals surface area contributed by atoms with Crippen LogP contribution in [-0.2, 0) is 4.74 Å². The van der Waals surface area contributed by atoms with Gasteiger partial charge in [-0.15, -0.1) is 0 Å². The van der Waals surface area contributed by atoms with Crippen LogP contribution in [0.25, 0.3) is 0 Å². The van der Waals surface area contributed by atoms with Gasteiger partial charge < -0.3 is 4.74 Å². The van der Waals surface area contributed by atoms with E-state index in [1.807, 2.05) is 26.0 Å². The van der Waals surface area contributed by atoms with E-state index in [0.29, 0.717) is 5.56 Å². The second-order valence-corrected chi connectivity index (χ2v) is 4.02. The summed E-state index contributed by atoms with van der Waals surface area (Å²) in [7, 11) is 1.40. The van der Waals surface area contributed by atoms with Crippen LogP contribution in [0.1, 0.15) is 21.5 Å². The van der Waals surface area contributed by atoms with E-state index >= 15 is 0 Å². The molecule has 70 valence electrons. The van der Waals surface area contributed by atoms with E-state index in [4.69, 9.17) is 4.74 Å². The molecular formula is C10H11IO2. The van der Waals surface area contributed by atoms with Crippen molar-refractivity contribution in [2.75, 3.05) is 7.11 Å². The van der Waals surface area contributed by atoms with E-state index in [1.54, 1.807) is 0 Å².